The molecule has 3 fully saturated rings. The van der Waals surface area contributed by atoms with Crippen molar-refractivity contribution < 1.29 is 22.9 Å². The second-order valence-corrected chi connectivity index (χ2v) is 7.22. The van der Waals surface area contributed by atoms with Crippen LogP contribution >= 0.6 is 0 Å². The van der Waals surface area contributed by atoms with Gasteiger partial charge in [0, 0.05) is 30.5 Å². The van der Waals surface area contributed by atoms with Gasteiger partial charge in [-0.3, -0.25) is 4.79 Å². The Hall–Kier alpha value is -0.485. The van der Waals surface area contributed by atoms with Crippen molar-refractivity contribution in [3.63, 3.8) is 0 Å². The minimum Gasteiger partial charge on any atom is -0.403 e. The molecule has 1 spiro atoms. The standard InChI is InChI=1S/C13H19BF2O3/c1-10(2)11(3,4)19-14(18-10)8-5-9(17)12(8)6-13(15,16)7-12/h8H,5-7H2,1-4H3. The molecule has 2 aliphatic carbocycles. The topological polar surface area (TPSA) is 35.5 Å². The van der Waals surface area contributed by atoms with Gasteiger partial charge in [-0.2, -0.15) is 0 Å². The fourth-order valence-electron chi connectivity index (χ4n) is 3.41. The molecule has 3 rings (SSSR count). The lowest BCUT2D eigenvalue weighted by atomic mass is 9.38. The van der Waals surface area contributed by atoms with E-state index in [0.29, 0.717) is 6.42 Å². The van der Waals surface area contributed by atoms with Crippen molar-refractivity contribution >= 4 is 12.9 Å². The summed E-state index contributed by atoms with van der Waals surface area (Å²) in [6.45, 7) is 7.70. The summed E-state index contributed by atoms with van der Waals surface area (Å²) in [5, 5.41) is 0. The van der Waals surface area contributed by atoms with Crippen LogP contribution in [0.5, 0.6) is 0 Å². The highest BCUT2D eigenvalue weighted by atomic mass is 19.3. The fourth-order valence-corrected chi connectivity index (χ4v) is 3.41. The second kappa shape index (κ2) is 3.39. The zero-order valence-corrected chi connectivity index (χ0v) is 11.8. The van der Waals surface area contributed by atoms with Crippen LogP contribution in [0.15, 0.2) is 0 Å². The Bertz CT molecular complexity index is 423. The van der Waals surface area contributed by atoms with Gasteiger partial charge in [0.2, 0.25) is 5.92 Å². The molecule has 1 saturated heterocycles. The highest BCUT2D eigenvalue weighted by Gasteiger charge is 2.73. The van der Waals surface area contributed by atoms with Gasteiger partial charge in [0.15, 0.2) is 0 Å². The number of alkyl halides is 2. The molecule has 0 aromatic rings. The molecule has 1 heterocycles. The first-order chi connectivity index (χ1) is 8.49. The van der Waals surface area contributed by atoms with E-state index in [1.165, 1.54) is 0 Å². The lowest BCUT2D eigenvalue weighted by molar-refractivity contribution is -0.196. The molecule has 2 saturated carbocycles. The summed E-state index contributed by atoms with van der Waals surface area (Å²) >= 11 is 0. The molecule has 0 bridgehead atoms. The molecule has 1 unspecified atom stereocenters. The first-order valence-electron chi connectivity index (χ1n) is 6.76. The summed E-state index contributed by atoms with van der Waals surface area (Å²) in [4.78, 5) is 11.8. The number of hydrogen-bond donors (Lipinski definition) is 0. The van der Waals surface area contributed by atoms with E-state index in [1.807, 2.05) is 27.7 Å². The molecule has 0 N–H and O–H groups in total. The summed E-state index contributed by atoms with van der Waals surface area (Å²) < 4.78 is 38.1. The van der Waals surface area contributed by atoms with E-state index in [9.17, 15) is 13.6 Å². The molecule has 1 aliphatic heterocycles. The Morgan fingerprint density at radius 2 is 1.58 bits per heavy atom. The van der Waals surface area contributed by atoms with Crippen LogP contribution in [0.3, 0.4) is 0 Å². The average molecular weight is 272 g/mol. The normalized spacial score (nSPS) is 37.1. The van der Waals surface area contributed by atoms with Crippen LogP contribution in [0.2, 0.25) is 5.82 Å². The van der Waals surface area contributed by atoms with Gasteiger partial charge in [-0.1, -0.05) is 0 Å². The van der Waals surface area contributed by atoms with Gasteiger partial charge in [-0.05, 0) is 27.7 Å². The number of carbonyl (C=O) groups excluding carboxylic acids is 1. The minimum absolute atomic E-state index is 0.0573. The van der Waals surface area contributed by atoms with Crippen LogP contribution in [-0.4, -0.2) is 30.0 Å². The largest absolute Gasteiger partial charge is 0.462 e. The van der Waals surface area contributed by atoms with Crippen molar-refractivity contribution in [3.8, 4) is 0 Å². The Balaban J connectivity index is 1.77. The van der Waals surface area contributed by atoms with E-state index in [-0.39, 0.29) is 24.4 Å². The van der Waals surface area contributed by atoms with Gasteiger partial charge in [0.1, 0.15) is 5.78 Å². The lowest BCUT2D eigenvalue weighted by Crippen LogP contribution is -2.63. The van der Waals surface area contributed by atoms with Crippen molar-refractivity contribution in [2.24, 2.45) is 5.41 Å². The number of halogens is 2. The third kappa shape index (κ3) is 1.65. The van der Waals surface area contributed by atoms with Crippen molar-refractivity contribution in [3.05, 3.63) is 0 Å². The predicted molar refractivity (Wildman–Crippen MR) is 66.1 cm³/mol. The molecule has 6 heteroatoms. The summed E-state index contributed by atoms with van der Waals surface area (Å²) in [6.07, 6.45) is -0.381. The quantitative estimate of drug-likeness (QED) is 0.688. The minimum atomic E-state index is -2.70. The zero-order valence-electron chi connectivity index (χ0n) is 11.8. The van der Waals surface area contributed by atoms with Gasteiger partial charge in [-0.25, -0.2) is 8.78 Å². The van der Waals surface area contributed by atoms with Crippen LogP contribution in [0.1, 0.15) is 47.0 Å². The fraction of sp³-hybridized carbons (Fsp3) is 0.923. The average Bonchev–Trinajstić information content (AvgIpc) is 2.40. The monoisotopic (exact) mass is 272 g/mol. The first kappa shape index (κ1) is 13.5. The molecule has 0 amide bonds. The lowest BCUT2D eigenvalue weighted by Gasteiger charge is -2.57. The Kier molecular flexibility index (Phi) is 2.41. The highest BCUT2D eigenvalue weighted by molar-refractivity contribution is 6.50. The molecule has 3 nitrogen and oxygen atoms in total. The molecule has 0 radical (unpaired) electrons. The molecule has 106 valence electrons. The molecule has 1 atom stereocenters. The maximum atomic E-state index is 13.2. The number of ketones is 1. The van der Waals surface area contributed by atoms with Gasteiger partial charge >= 0.3 is 7.12 Å². The number of Topliss-reactive ketones (excluding diaryl/α,β-unsaturated/α-hetero) is 1. The van der Waals surface area contributed by atoms with Crippen LogP contribution in [0, 0.1) is 5.41 Å². The van der Waals surface area contributed by atoms with Gasteiger partial charge in [0.25, 0.3) is 0 Å². The number of hydrogen-bond acceptors (Lipinski definition) is 3. The van der Waals surface area contributed by atoms with E-state index in [1.54, 1.807) is 0 Å². The van der Waals surface area contributed by atoms with Crippen molar-refractivity contribution in [2.45, 2.75) is 69.9 Å². The third-order valence-corrected chi connectivity index (χ3v) is 5.42. The third-order valence-electron chi connectivity index (χ3n) is 5.42. The summed E-state index contributed by atoms with van der Waals surface area (Å²) in [5.74, 6) is -2.98. The van der Waals surface area contributed by atoms with E-state index >= 15 is 0 Å². The Morgan fingerprint density at radius 1 is 1.11 bits per heavy atom. The summed E-state index contributed by atoms with van der Waals surface area (Å²) in [7, 11) is -0.543. The smallest absolute Gasteiger partial charge is 0.403 e. The van der Waals surface area contributed by atoms with Crippen LogP contribution in [-0.2, 0) is 14.1 Å². The van der Waals surface area contributed by atoms with Gasteiger partial charge < -0.3 is 9.31 Å². The van der Waals surface area contributed by atoms with E-state index < -0.39 is 29.7 Å². The first-order valence-corrected chi connectivity index (χ1v) is 6.76. The number of carbonyl (C=O) groups is 1. The second-order valence-electron chi connectivity index (χ2n) is 7.22. The predicted octanol–water partition coefficient (Wildman–Crippen LogP) is 2.84. The van der Waals surface area contributed by atoms with Crippen LogP contribution in [0.4, 0.5) is 8.78 Å². The number of rotatable bonds is 1. The molecular weight excluding hydrogens is 253 g/mol. The molecular formula is C13H19BF2O3. The van der Waals surface area contributed by atoms with E-state index in [0.717, 1.165) is 0 Å². The molecule has 0 aromatic heterocycles. The maximum Gasteiger partial charge on any atom is 0.462 e. The van der Waals surface area contributed by atoms with Crippen molar-refractivity contribution in [1.82, 2.24) is 0 Å². The summed E-state index contributed by atoms with van der Waals surface area (Å²) in [6, 6.07) is 0. The molecule has 3 aliphatic rings. The van der Waals surface area contributed by atoms with Crippen molar-refractivity contribution in [2.75, 3.05) is 0 Å². The summed E-state index contributed by atoms with van der Waals surface area (Å²) in [5.41, 5.74) is -1.85. The van der Waals surface area contributed by atoms with Crippen LogP contribution in [0.25, 0.3) is 0 Å². The molecule has 0 aromatic carbocycles. The highest BCUT2D eigenvalue weighted by Crippen LogP contribution is 2.68. The van der Waals surface area contributed by atoms with Crippen molar-refractivity contribution in [1.29, 1.82) is 0 Å². The maximum absolute atomic E-state index is 13.2. The van der Waals surface area contributed by atoms with E-state index in [4.69, 9.17) is 9.31 Å². The zero-order chi connectivity index (χ0) is 14.3. The van der Waals surface area contributed by atoms with Gasteiger partial charge in [0.05, 0.1) is 11.2 Å². The van der Waals surface area contributed by atoms with Gasteiger partial charge in [-0.15, -0.1) is 0 Å². The van der Waals surface area contributed by atoms with E-state index in [2.05, 4.69) is 0 Å². The van der Waals surface area contributed by atoms with Crippen LogP contribution < -0.4 is 0 Å². The SMILES string of the molecule is CC1(C)OB(C2CC(=O)C23CC(F)(F)C3)OC1(C)C. The Labute approximate surface area is 112 Å². The molecule has 19 heavy (non-hydrogen) atoms. The Morgan fingerprint density at radius 3 is 1.95 bits per heavy atom.